The number of rotatable bonds is 6. The topological polar surface area (TPSA) is 35.2 Å². The minimum Gasteiger partial charge on any atom is -0.457 e. The van der Waals surface area contributed by atoms with Gasteiger partial charge < -0.3 is 10.5 Å². The lowest BCUT2D eigenvalue weighted by atomic mass is 10.00. The first-order chi connectivity index (χ1) is 10.1. The molecule has 0 spiro atoms. The zero-order valence-corrected chi connectivity index (χ0v) is 13.2. The lowest BCUT2D eigenvalue weighted by Crippen LogP contribution is -2.21. The van der Waals surface area contributed by atoms with Crippen LogP contribution in [0.3, 0.4) is 0 Å². The maximum Gasteiger partial charge on any atom is 0.130 e. The summed E-state index contributed by atoms with van der Waals surface area (Å²) in [6.45, 7) is 6.39. The van der Waals surface area contributed by atoms with Crippen molar-refractivity contribution >= 4 is 0 Å². The number of ether oxygens (including phenoxy) is 1. The Labute approximate surface area is 127 Å². The normalized spacial score (nSPS) is 12.2. The lowest BCUT2D eigenvalue weighted by molar-refractivity contribution is 0.476. The zero-order valence-electron chi connectivity index (χ0n) is 13.2. The van der Waals surface area contributed by atoms with Gasteiger partial charge in [0.1, 0.15) is 11.5 Å². The average Bonchev–Trinajstić information content (AvgIpc) is 2.50. The molecule has 0 saturated heterocycles. The SMILES string of the molecule is CCc1ccccc1Oc1ccc(CC(N)CC)c(C)c1. The molecule has 21 heavy (non-hydrogen) atoms. The molecule has 0 radical (unpaired) electrons. The average molecular weight is 283 g/mol. The molecule has 0 aromatic heterocycles. The smallest absolute Gasteiger partial charge is 0.130 e. The highest BCUT2D eigenvalue weighted by molar-refractivity contribution is 5.41. The Kier molecular flexibility index (Phi) is 5.40. The quantitative estimate of drug-likeness (QED) is 0.839. The molecule has 2 rings (SSSR count). The van der Waals surface area contributed by atoms with Gasteiger partial charge in [-0.1, -0.05) is 38.1 Å². The van der Waals surface area contributed by atoms with Gasteiger partial charge in [0, 0.05) is 6.04 Å². The fourth-order valence-electron chi connectivity index (χ4n) is 2.41. The molecule has 0 aliphatic rings. The predicted molar refractivity (Wildman–Crippen MR) is 89.0 cm³/mol. The van der Waals surface area contributed by atoms with E-state index in [2.05, 4.69) is 39.0 Å². The molecular formula is C19H25NO. The van der Waals surface area contributed by atoms with Gasteiger partial charge in [-0.2, -0.15) is 0 Å². The molecule has 0 fully saturated rings. The summed E-state index contributed by atoms with van der Waals surface area (Å²) in [6, 6.07) is 14.7. The van der Waals surface area contributed by atoms with Crippen LogP contribution in [0.5, 0.6) is 11.5 Å². The van der Waals surface area contributed by atoms with Crippen LogP contribution in [0.15, 0.2) is 42.5 Å². The highest BCUT2D eigenvalue weighted by atomic mass is 16.5. The standard InChI is InChI=1S/C19H25NO/c1-4-15-8-6-7-9-19(15)21-18-11-10-16(14(3)12-18)13-17(20)5-2/h6-12,17H,4-5,13,20H2,1-3H3. The Morgan fingerprint density at radius 3 is 2.48 bits per heavy atom. The third-order valence-electron chi connectivity index (χ3n) is 3.90. The number of nitrogens with two attached hydrogens (primary N) is 1. The predicted octanol–water partition coefficient (Wildman–Crippen LogP) is 4.63. The van der Waals surface area contributed by atoms with Crippen molar-refractivity contribution in [1.82, 2.24) is 0 Å². The number of hydrogen-bond acceptors (Lipinski definition) is 2. The third kappa shape index (κ3) is 4.08. The van der Waals surface area contributed by atoms with E-state index in [1.807, 2.05) is 24.3 Å². The van der Waals surface area contributed by atoms with E-state index >= 15 is 0 Å². The fourth-order valence-corrected chi connectivity index (χ4v) is 2.41. The van der Waals surface area contributed by atoms with Gasteiger partial charge in [-0.25, -0.2) is 0 Å². The van der Waals surface area contributed by atoms with Crippen molar-refractivity contribution in [1.29, 1.82) is 0 Å². The summed E-state index contributed by atoms with van der Waals surface area (Å²) >= 11 is 0. The summed E-state index contributed by atoms with van der Waals surface area (Å²) < 4.78 is 6.04. The summed E-state index contributed by atoms with van der Waals surface area (Å²) in [5, 5.41) is 0. The summed E-state index contributed by atoms with van der Waals surface area (Å²) in [6.07, 6.45) is 2.90. The second-order valence-electron chi connectivity index (χ2n) is 5.52. The maximum absolute atomic E-state index is 6.04. The second-order valence-corrected chi connectivity index (χ2v) is 5.52. The molecule has 2 heteroatoms. The largest absolute Gasteiger partial charge is 0.457 e. The van der Waals surface area contributed by atoms with Gasteiger partial charge in [-0.3, -0.25) is 0 Å². The van der Waals surface area contributed by atoms with Crippen molar-refractivity contribution in [2.45, 2.75) is 46.1 Å². The van der Waals surface area contributed by atoms with E-state index in [0.717, 1.165) is 30.8 Å². The zero-order chi connectivity index (χ0) is 15.2. The summed E-state index contributed by atoms with van der Waals surface area (Å²) in [4.78, 5) is 0. The highest BCUT2D eigenvalue weighted by Crippen LogP contribution is 2.27. The van der Waals surface area contributed by atoms with Gasteiger partial charge in [0.05, 0.1) is 0 Å². The minimum absolute atomic E-state index is 0.233. The van der Waals surface area contributed by atoms with Gasteiger partial charge in [-0.05, 0) is 61.1 Å². The molecule has 1 atom stereocenters. The third-order valence-corrected chi connectivity index (χ3v) is 3.90. The van der Waals surface area contributed by atoms with Crippen LogP contribution in [0, 0.1) is 6.92 Å². The van der Waals surface area contributed by atoms with E-state index in [1.54, 1.807) is 0 Å². The van der Waals surface area contributed by atoms with Crippen molar-refractivity contribution in [3.63, 3.8) is 0 Å². The summed E-state index contributed by atoms with van der Waals surface area (Å²) in [7, 11) is 0. The monoisotopic (exact) mass is 283 g/mol. The first-order valence-corrected chi connectivity index (χ1v) is 7.74. The van der Waals surface area contributed by atoms with Gasteiger partial charge >= 0.3 is 0 Å². The molecule has 1 unspecified atom stereocenters. The van der Waals surface area contributed by atoms with E-state index in [0.29, 0.717) is 0 Å². The lowest BCUT2D eigenvalue weighted by Gasteiger charge is -2.14. The molecule has 0 heterocycles. The van der Waals surface area contributed by atoms with Crippen LogP contribution in [-0.2, 0) is 12.8 Å². The van der Waals surface area contributed by atoms with Crippen LogP contribution in [0.1, 0.15) is 37.0 Å². The number of hydrogen-bond donors (Lipinski definition) is 1. The Morgan fingerprint density at radius 2 is 1.81 bits per heavy atom. The summed E-state index contributed by atoms with van der Waals surface area (Å²) in [5.74, 6) is 1.83. The maximum atomic E-state index is 6.04. The van der Waals surface area contributed by atoms with Crippen LogP contribution >= 0.6 is 0 Å². The molecular weight excluding hydrogens is 258 g/mol. The Bertz CT molecular complexity index is 592. The summed E-state index contributed by atoms with van der Waals surface area (Å²) in [5.41, 5.74) is 9.82. The molecule has 0 bridgehead atoms. The number of benzene rings is 2. The molecule has 112 valence electrons. The van der Waals surface area contributed by atoms with Gasteiger partial charge in [0.15, 0.2) is 0 Å². The molecule has 0 aliphatic heterocycles. The van der Waals surface area contributed by atoms with Crippen molar-refractivity contribution < 1.29 is 4.74 Å². The number of para-hydroxylation sites is 1. The van der Waals surface area contributed by atoms with E-state index in [4.69, 9.17) is 10.5 Å². The van der Waals surface area contributed by atoms with E-state index in [-0.39, 0.29) is 6.04 Å². The first-order valence-electron chi connectivity index (χ1n) is 7.74. The van der Waals surface area contributed by atoms with Gasteiger partial charge in [-0.15, -0.1) is 0 Å². The molecule has 0 saturated carbocycles. The van der Waals surface area contributed by atoms with Crippen molar-refractivity contribution in [3.05, 3.63) is 59.2 Å². The Hall–Kier alpha value is -1.80. The van der Waals surface area contributed by atoms with Crippen LogP contribution in [-0.4, -0.2) is 6.04 Å². The van der Waals surface area contributed by atoms with Crippen LogP contribution in [0.25, 0.3) is 0 Å². The molecule has 2 N–H and O–H groups in total. The molecule has 0 amide bonds. The van der Waals surface area contributed by atoms with Crippen LogP contribution in [0.4, 0.5) is 0 Å². The molecule has 2 aromatic rings. The molecule has 0 aliphatic carbocycles. The van der Waals surface area contributed by atoms with Gasteiger partial charge in [0.2, 0.25) is 0 Å². The molecule has 2 nitrogen and oxygen atoms in total. The van der Waals surface area contributed by atoms with E-state index in [9.17, 15) is 0 Å². The Morgan fingerprint density at radius 1 is 1.05 bits per heavy atom. The second kappa shape index (κ2) is 7.28. The van der Waals surface area contributed by atoms with Crippen LogP contribution in [0.2, 0.25) is 0 Å². The van der Waals surface area contributed by atoms with Gasteiger partial charge in [0.25, 0.3) is 0 Å². The van der Waals surface area contributed by atoms with Crippen molar-refractivity contribution in [2.75, 3.05) is 0 Å². The van der Waals surface area contributed by atoms with E-state index < -0.39 is 0 Å². The minimum atomic E-state index is 0.233. The van der Waals surface area contributed by atoms with E-state index in [1.165, 1.54) is 16.7 Å². The van der Waals surface area contributed by atoms with Crippen LogP contribution < -0.4 is 10.5 Å². The number of aryl methyl sites for hydroxylation is 2. The Balaban J connectivity index is 2.16. The highest BCUT2D eigenvalue weighted by Gasteiger charge is 2.07. The first kappa shape index (κ1) is 15.6. The fraction of sp³-hybridized carbons (Fsp3) is 0.368. The van der Waals surface area contributed by atoms with Crippen molar-refractivity contribution in [3.8, 4) is 11.5 Å². The van der Waals surface area contributed by atoms with Crippen molar-refractivity contribution in [2.24, 2.45) is 5.73 Å². The molecule has 2 aromatic carbocycles.